The first-order chi connectivity index (χ1) is 8.97. The summed E-state index contributed by atoms with van der Waals surface area (Å²) in [6.45, 7) is 4.09. The number of nitrogens with zero attached hydrogens (tertiary/aromatic N) is 2. The van der Waals surface area contributed by atoms with Crippen LogP contribution >= 0.6 is 11.6 Å². The van der Waals surface area contributed by atoms with E-state index in [4.69, 9.17) is 18.0 Å². The van der Waals surface area contributed by atoms with Crippen molar-refractivity contribution >= 4 is 17.3 Å². The van der Waals surface area contributed by atoms with Gasteiger partial charge in [0.05, 0.1) is 16.8 Å². The number of aromatic nitrogens is 2. The lowest BCUT2D eigenvalue weighted by Crippen LogP contribution is -2.37. The zero-order valence-corrected chi connectivity index (χ0v) is 11.9. The van der Waals surface area contributed by atoms with E-state index in [9.17, 15) is 9.90 Å². The molecule has 0 aliphatic rings. The number of terminal acetylenes is 1. The molecular formula is C13H18ClN3O2. The summed E-state index contributed by atoms with van der Waals surface area (Å²) >= 11 is 5.95. The fourth-order valence-electron chi connectivity index (χ4n) is 1.58. The van der Waals surface area contributed by atoms with Crippen LogP contribution in [-0.4, -0.2) is 27.0 Å². The highest BCUT2D eigenvalue weighted by Crippen LogP contribution is 2.19. The molecule has 1 heterocycles. The Labute approximate surface area is 117 Å². The van der Waals surface area contributed by atoms with Gasteiger partial charge in [0.25, 0.3) is 5.56 Å². The number of halogens is 1. The van der Waals surface area contributed by atoms with E-state index < -0.39 is 5.60 Å². The van der Waals surface area contributed by atoms with Crippen molar-refractivity contribution in [2.45, 2.75) is 38.8 Å². The Morgan fingerprint density at radius 3 is 2.74 bits per heavy atom. The van der Waals surface area contributed by atoms with E-state index in [1.165, 1.54) is 6.20 Å². The third kappa shape index (κ3) is 3.72. The van der Waals surface area contributed by atoms with E-state index in [1.807, 2.05) is 13.8 Å². The number of hydrogen-bond donors (Lipinski definition) is 2. The van der Waals surface area contributed by atoms with Crippen molar-refractivity contribution in [2.75, 3.05) is 11.9 Å². The second-order valence-corrected chi connectivity index (χ2v) is 4.73. The maximum Gasteiger partial charge on any atom is 0.292 e. The minimum absolute atomic E-state index is 0.0799. The molecule has 0 saturated carbocycles. The van der Waals surface area contributed by atoms with E-state index in [-0.39, 0.29) is 29.4 Å². The van der Waals surface area contributed by atoms with Crippen molar-refractivity contribution in [1.29, 1.82) is 0 Å². The minimum atomic E-state index is -0.865. The largest absolute Gasteiger partial charge is 0.388 e. The summed E-state index contributed by atoms with van der Waals surface area (Å²) in [6.07, 6.45) is 7.68. The molecular weight excluding hydrogens is 266 g/mol. The Kier molecular flexibility index (Phi) is 5.40. The number of nitrogens with one attached hydrogen (secondary N) is 1. The number of aliphatic hydroxyl groups is 1. The Bertz CT molecular complexity index is 530. The molecule has 6 heteroatoms. The van der Waals surface area contributed by atoms with Gasteiger partial charge in [0.2, 0.25) is 0 Å². The Hall–Kier alpha value is -1.51. The molecule has 0 amide bonds. The summed E-state index contributed by atoms with van der Waals surface area (Å²) < 4.78 is 1.14. The molecule has 0 radical (unpaired) electrons. The van der Waals surface area contributed by atoms with E-state index in [1.54, 1.807) is 0 Å². The lowest BCUT2D eigenvalue weighted by molar-refractivity contribution is 0.0457. The highest BCUT2D eigenvalue weighted by molar-refractivity contribution is 6.32. The molecule has 1 aromatic heterocycles. The fourth-order valence-corrected chi connectivity index (χ4v) is 1.77. The first-order valence-corrected chi connectivity index (χ1v) is 6.50. The standard InChI is InChI=1S/C13H18ClN3O2/c1-4-7-17-12(18)11(10(14)8-16-17)15-9-13(19,5-2)6-3/h1,8,15,19H,5-7,9H2,2-3H3. The molecule has 104 valence electrons. The van der Waals surface area contributed by atoms with Gasteiger partial charge in [0.15, 0.2) is 0 Å². The molecule has 19 heavy (non-hydrogen) atoms. The summed E-state index contributed by atoms with van der Waals surface area (Å²) in [4.78, 5) is 12.0. The van der Waals surface area contributed by atoms with Gasteiger partial charge in [0.1, 0.15) is 12.2 Å². The highest BCUT2D eigenvalue weighted by atomic mass is 35.5. The molecule has 2 N–H and O–H groups in total. The average Bonchev–Trinajstić information content (AvgIpc) is 2.41. The molecule has 0 unspecified atom stereocenters. The third-order valence-electron chi connectivity index (χ3n) is 3.15. The molecule has 0 fully saturated rings. The van der Waals surface area contributed by atoms with Gasteiger partial charge in [0, 0.05) is 6.54 Å². The van der Waals surface area contributed by atoms with E-state index in [2.05, 4.69) is 16.3 Å². The second kappa shape index (κ2) is 6.60. The maximum atomic E-state index is 12.0. The van der Waals surface area contributed by atoms with Gasteiger partial charge in [-0.15, -0.1) is 6.42 Å². The molecule has 1 aromatic rings. The normalized spacial score (nSPS) is 11.1. The van der Waals surface area contributed by atoms with Gasteiger partial charge in [-0.05, 0) is 12.8 Å². The molecule has 0 bridgehead atoms. The van der Waals surface area contributed by atoms with Crippen LogP contribution in [0.3, 0.4) is 0 Å². The van der Waals surface area contributed by atoms with Crippen molar-refractivity contribution in [2.24, 2.45) is 0 Å². The SMILES string of the molecule is C#CCn1ncc(Cl)c(NCC(O)(CC)CC)c1=O. The first-order valence-electron chi connectivity index (χ1n) is 6.12. The summed E-state index contributed by atoms with van der Waals surface area (Å²) in [7, 11) is 0. The van der Waals surface area contributed by atoms with Crippen LogP contribution in [0.25, 0.3) is 0 Å². The fraction of sp³-hybridized carbons (Fsp3) is 0.538. The molecule has 0 atom stereocenters. The van der Waals surface area contributed by atoms with Crippen LogP contribution in [-0.2, 0) is 6.54 Å². The summed E-state index contributed by atoms with van der Waals surface area (Å²) in [5.41, 5.74) is -1.04. The van der Waals surface area contributed by atoms with Crippen LogP contribution in [0, 0.1) is 12.3 Å². The van der Waals surface area contributed by atoms with Crippen LogP contribution in [0.4, 0.5) is 5.69 Å². The lowest BCUT2D eigenvalue weighted by Gasteiger charge is -2.26. The molecule has 0 aliphatic carbocycles. The molecule has 5 nitrogen and oxygen atoms in total. The summed E-state index contributed by atoms with van der Waals surface area (Å²) in [6, 6.07) is 0. The van der Waals surface area contributed by atoms with Gasteiger partial charge in [-0.2, -0.15) is 5.10 Å². The van der Waals surface area contributed by atoms with Crippen molar-refractivity contribution in [3.05, 3.63) is 21.6 Å². The molecule has 0 spiro atoms. The van der Waals surface area contributed by atoms with Crippen LogP contribution in [0.15, 0.2) is 11.0 Å². The van der Waals surface area contributed by atoms with Gasteiger partial charge >= 0.3 is 0 Å². The van der Waals surface area contributed by atoms with E-state index in [0.29, 0.717) is 12.8 Å². The predicted octanol–water partition coefficient (Wildman–Crippen LogP) is 1.49. The van der Waals surface area contributed by atoms with Crippen molar-refractivity contribution < 1.29 is 5.11 Å². The maximum absolute atomic E-state index is 12.0. The Morgan fingerprint density at radius 2 is 2.21 bits per heavy atom. The minimum Gasteiger partial charge on any atom is -0.388 e. The summed E-state index contributed by atoms with van der Waals surface area (Å²) in [5, 5.41) is 17.1. The van der Waals surface area contributed by atoms with Crippen LogP contribution in [0.5, 0.6) is 0 Å². The highest BCUT2D eigenvalue weighted by Gasteiger charge is 2.23. The lowest BCUT2D eigenvalue weighted by atomic mass is 9.97. The van der Waals surface area contributed by atoms with Gasteiger partial charge < -0.3 is 10.4 Å². The monoisotopic (exact) mass is 283 g/mol. The smallest absolute Gasteiger partial charge is 0.292 e. The Balaban J connectivity index is 2.99. The second-order valence-electron chi connectivity index (χ2n) is 4.32. The molecule has 0 aliphatic heterocycles. The number of anilines is 1. The Morgan fingerprint density at radius 1 is 1.58 bits per heavy atom. The summed E-state index contributed by atoms with van der Waals surface area (Å²) in [5.74, 6) is 2.35. The first kappa shape index (κ1) is 15.5. The van der Waals surface area contributed by atoms with Gasteiger partial charge in [-0.1, -0.05) is 31.4 Å². The molecule has 0 saturated heterocycles. The number of rotatable bonds is 6. The van der Waals surface area contributed by atoms with Crippen LogP contribution < -0.4 is 10.9 Å². The molecule has 0 aromatic carbocycles. The molecule has 1 rings (SSSR count). The van der Waals surface area contributed by atoms with Gasteiger partial charge in [-0.3, -0.25) is 4.79 Å². The zero-order valence-electron chi connectivity index (χ0n) is 11.1. The van der Waals surface area contributed by atoms with Crippen LogP contribution in [0.1, 0.15) is 26.7 Å². The van der Waals surface area contributed by atoms with E-state index in [0.717, 1.165) is 4.68 Å². The van der Waals surface area contributed by atoms with Crippen molar-refractivity contribution in [3.63, 3.8) is 0 Å². The third-order valence-corrected chi connectivity index (χ3v) is 3.44. The zero-order chi connectivity index (χ0) is 14.5. The average molecular weight is 284 g/mol. The quantitative estimate of drug-likeness (QED) is 0.777. The van der Waals surface area contributed by atoms with E-state index >= 15 is 0 Å². The van der Waals surface area contributed by atoms with Gasteiger partial charge in [-0.25, -0.2) is 4.68 Å². The predicted molar refractivity (Wildman–Crippen MR) is 76.4 cm³/mol. The van der Waals surface area contributed by atoms with Crippen molar-refractivity contribution in [1.82, 2.24) is 9.78 Å². The van der Waals surface area contributed by atoms with Crippen LogP contribution in [0.2, 0.25) is 5.02 Å². The number of hydrogen-bond acceptors (Lipinski definition) is 4. The van der Waals surface area contributed by atoms with Crippen molar-refractivity contribution in [3.8, 4) is 12.3 Å². The topological polar surface area (TPSA) is 67.2 Å².